The lowest BCUT2D eigenvalue weighted by atomic mass is 9.87. The minimum Gasteiger partial charge on any atom is -0.295 e. The van der Waals surface area contributed by atoms with Crippen molar-refractivity contribution in [1.29, 1.82) is 0 Å². The van der Waals surface area contributed by atoms with Gasteiger partial charge >= 0.3 is 0 Å². The largest absolute Gasteiger partial charge is 0.295 e. The summed E-state index contributed by atoms with van der Waals surface area (Å²) in [5.41, 5.74) is 3.76. The van der Waals surface area contributed by atoms with Crippen molar-refractivity contribution in [2.75, 3.05) is 0 Å². The molecule has 0 fully saturated rings. The van der Waals surface area contributed by atoms with Crippen molar-refractivity contribution in [2.45, 2.75) is 44.4 Å². The number of hydrazine groups is 1. The number of aryl methyl sites for hydroxylation is 1. The van der Waals surface area contributed by atoms with Crippen LogP contribution in [-0.4, -0.2) is 20.1 Å². The highest BCUT2D eigenvalue weighted by Gasteiger charge is 2.23. The lowest BCUT2D eigenvalue weighted by Crippen LogP contribution is -2.41. The fraction of sp³-hybridized carbons (Fsp3) is 0.368. The zero-order valence-electron chi connectivity index (χ0n) is 15.2. The van der Waals surface area contributed by atoms with Crippen molar-refractivity contribution in [3.05, 3.63) is 51.2 Å². The van der Waals surface area contributed by atoms with Gasteiger partial charge in [0.1, 0.15) is 0 Å². The van der Waals surface area contributed by atoms with Crippen molar-refractivity contribution in [1.82, 2.24) is 10.3 Å². The van der Waals surface area contributed by atoms with Gasteiger partial charge in [-0.1, -0.05) is 25.5 Å². The van der Waals surface area contributed by atoms with E-state index in [1.807, 2.05) is 6.07 Å². The van der Waals surface area contributed by atoms with Crippen molar-refractivity contribution in [3.8, 4) is 0 Å². The van der Waals surface area contributed by atoms with Crippen LogP contribution >= 0.6 is 11.3 Å². The van der Waals surface area contributed by atoms with Gasteiger partial charge in [0, 0.05) is 10.4 Å². The van der Waals surface area contributed by atoms with Crippen LogP contribution in [0, 0.1) is 5.92 Å². The molecular weight excluding hydrogens is 384 g/mol. The summed E-state index contributed by atoms with van der Waals surface area (Å²) in [6, 6.07) is 7.55. The van der Waals surface area contributed by atoms with E-state index in [2.05, 4.69) is 17.2 Å². The average molecular weight is 407 g/mol. The van der Waals surface area contributed by atoms with Crippen LogP contribution in [0.15, 0.2) is 35.2 Å². The average Bonchev–Trinajstić information content (AvgIpc) is 3.09. The van der Waals surface area contributed by atoms with Crippen molar-refractivity contribution in [3.63, 3.8) is 0 Å². The van der Waals surface area contributed by atoms with Crippen LogP contribution in [0.5, 0.6) is 0 Å². The lowest BCUT2D eigenvalue weighted by Gasteiger charge is -2.19. The van der Waals surface area contributed by atoms with E-state index in [0.29, 0.717) is 16.4 Å². The van der Waals surface area contributed by atoms with Gasteiger partial charge in [0.05, 0.1) is 9.77 Å². The third-order valence-electron chi connectivity index (χ3n) is 4.84. The van der Waals surface area contributed by atoms with Crippen molar-refractivity contribution in [2.24, 2.45) is 5.92 Å². The number of hydrogen-bond acceptors (Lipinski definition) is 5. The van der Waals surface area contributed by atoms with Gasteiger partial charge < -0.3 is 0 Å². The van der Waals surface area contributed by atoms with E-state index in [0.717, 1.165) is 25.7 Å². The number of fused-ring (bicyclic) bond motifs is 1. The number of Topliss-reactive ketones (excluding diaryl/α,β-unsaturated/α-hetero) is 1. The van der Waals surface area contributed by atoms with E-state index in [1.54, 1.807) is 6.07 Å². The van der Waals surface area contributed by atoms with Gasteiger partial charge in [-0.3, -0.25) is 15.0 Å². The zero-order chi connectivity index (χ0) is 19.6. The number of sulfonamides is 1. The third-order valence-corrected chi connectivity index (χ3v) is 7.32. The second-order valence-corrected chi connectivity index (χ2v) is 9.54. The topological polar surface area (TPSA) is 92.3 Å². The maximum absolute atomic E-state index is 12.4. The highest BCUT2D eigenvalue weighted by molar-refractivity contribution is 7.89. The molecule has 0 unspecified atom stereocenters. The highest BCUT2D eigenvalue weighted by atomic mass is 32.2. The molecule has 144 valence electrons. The Hall–Kier alpha value is -2.03. The Balaban J connectivity index is 1.69. The second kappa shape index (κ2) is 7.92. The van der Waals surface area contributed by atoms with Crippen LogP contribution in [0.25, 0.3) is 0 Å². The summed E-state index contributed by atoms with van der Waals surface area (Å²) in [5.74, 6) is -0.0607. The first-order valence-electron chi connectivity index (χ1n) is 8.85. The molecule has 0 radical (unpaired) electrons. The van der Waals surface area contributed by atoms with Gasteiger partial charge in [0.15, 0.2) is 5.78 Å². The molecule has 3 rings (SSSR count). The summed E-state index contributed by atoms with van der Waals surface area (Å²) in [6.07, 6.45) is 4.19. The number of thiophene rings is 1. The quantitative estimate of drug-likeness (QED) is 0.570. The number of amides is 1. The molecule has 8 heteroatoms. The molecular formula is C19H22N2O4S2. The molecule has 0 spiro atoms. The van der Waals surface area contributed by atoms with Crippen LogP contribution in [0.1, 0.15) is 57.2 Å². The normalized spacial score (nSPS) is 16.6. The number of rotatable bonds is 6. The fourth-order valence-corrected chi connectivity index (χ4v) is 5.16. The first-order valence-corrected chi connectivity index (χ1v) is 11.1. The highest BCUT2D eigenvalue weighted by Crippen LogP contribution is 2.33. The Morgan fingerprint density at radius 3 is 2.74 bits per heavy atom. The van der Waals surface area contributed by atoms with Gasteiger partial charge in [-0.05, 0) is 55.9 Å². The number of ketones is 1. The number of hydrogen-bond donors (Lipinski definition) is 2. The van der Waals surface area contributed by atoms with Crippen molar-refractivity contribution < 1.29 is 18.0 Å². The van der Waals surface area contributed by atoms with Crippen LogP contribution in [-0.2, 0) is 22.9 Å². The number of carbonyl (C=O) groups excluding carboxylic acids is 2. The molecule has 0 aliphatic heterocycles. The molecule has 6 nitrogen and oxygen atoms in total. The van der Waals surface area contributed by atoms with Gasteiger partial charge in [-0.15, -0.1) is 16.2 Å². The third kappa shape index (κ3) is 4.45. The van der Waals surface area contributed by atoms with Crippen LogP contribution in [0.2, 0.25) is 0 Å². The molecule has 0 bridgehead atoms. The van der Waals surface area contributed by atoms with Crippen LogP contribution < -0.4 is 10.3 Å². The molecule has 0 saturated carbocycles. The molecule has 1 aliphatic rings. The second-order valence-electron chi connectivity index (χ2n) is 6.72. The van der Waals surface area contributed by atoms with Crippen molar-refractivity contribution >= 4 is 33.1 Å². The monoisotopic (exact) mass is 406 g/mol. The standard InChI is InChI=1S/C19H22N2O4S2/c1-3-13-7-8-17-15(9-13)11-18(26-17)19(23)20-21-27(24,25)16-6-4-5-14(10-16)12(2)22/h4-6,10-11,13,21H,3,7-9H2,1-2H3,(H,20,23)/t13-/m1/s1. The molecule has 1 heterocycles. The van der Waals surface area contributed by atoms with Crippen LogP contribution in [0.3, 0.4) is 0 Å². The molecule has 0 saturated heterocycles. The Bertz CT molecular complexity index is 979. The number of benzene rings is 1. The van der Waals surface area contributed by atoms with E-state index in [1.165, 1.54) is 46.9 Å². The van der Waals surface area contributed by atoms with Gasteiger partial charge in [-0.2, -0.15) is 0 Å². The van der Waals surface area contributed by atoms with Gasteiger partial charge in [0.2, 0.25) is 0 Å². The number of nitrogens with one attached hydrogen (secondary N) is 2. The van der Waals surface area contributed by atoms with E-state index in [4.69, 9.17) is 0 Å². The van der Waals surface area contributed by atoms with Crippen LogP contribution in [0.4, 0.5) is 0 Å². The zero-order valence-corrected chi connectivity index (χ0v) is 16.9. The fourth-order valence-electron chi connectivity index (χ4n) is 3.18. The summed E-state index contributed by atoms with van der Waals surface area (Å²) in [5, 5.41) is 0. The molecule has 27 heavy (non-hydrogen) atoms. The SMILES string of the molecule is CC[C@@H]1CCc2sc(C(=O)NNS(=O)(=O)c3cccc(C(C)=O)c3)cc2C1. The summed E-state index contributed by atoms with van der Waals surface area (Å²) in [7, 11) is -3.96. The van der Waals surface area contributed by atoms with E-state index in [9.17, 15) is 18.0 Å². The van der Waals surface area contributed by atoms with E-state index >= 15 is 0 Å². The molecule has 2 N–H and O–H groups in total. The maximum Gasteiger partial charge on any atom is 0.276 e. The smallest absolute Gasteiger partial charge is 0.276 e. The first kappa shape index (κ1) is 19.7. The summed E-state index contributed by atoms with van der Waals surface area (Å²) >= 11 is 1.42. The minimum atomic E-state index is -3.96. The Morgan fingerprint density at radius 1 is 1.26 bits per heavy atom. The molecule has 1 aromatic carbocycles. The molecule has 1 amide bonds. The number of carbonyl (C=O) groups is 2. The molecule has 2 aromatic rings. The predicted octanol–water partition coefficient (Wildman–Crippen LogP) is 3.09. The lowest BCUT2D eigenvalue weighted by molar-refractivity contribution is 0.0948. The van der Waals surface area contributed by atoms with E-state index in [-0.39, 0.29) is 10.7 Å². The Labute approximate surface area is 163 Å². The summed E-state index contributed by atoms with van der Waals surface area (Å²) in [4.78, 5) is 27.6. The molecule has 1 aromatic heterocycles. The van der Waals surface area contributed by atoms with E-state index < -0.39 is 15.9 Å². The summed E-state index contributed by atoms with van der Waals surface area (Å²) in [6.45, 7) is 3.54. The Kier molecular flexibility index (Phi) is 5.78. The maximum atomic E-state index is 12.4. The predicted molar refractivity (Wildman–Crippen MR) is 104 cm³/mol. The Morgan fingerprint density at radius 2 is 2.04 bits per heavy atom. The first-order chi connectivity index (χ1) is 12.8. The minimum absolute atomic E-state index is 0.0771. The van der Waals surface area contributed by atoms with Gasteiger partial charge in [0.25, 0.3) is 15.9 Å². The molecule has 1 aliphatic carbocycles. The molecule has 1 atom stereocenters. The van der Waals surface area contributed by atoms with Gasteiger partial charge in [-0.25, -0.2) is 8.42 Å². The summed E-state index contributed by atoms with van der Waals surface area (Å²) < 4.78 is 24.8.